The Morgan fingerprint density at radius 3 is 0.741 bits per heavy atom. The van der Waals surface area contributed by atoms with E-state index in [9.17, 15) is 14.4 Å². The third-order valence-corrected chi connectivity index (χ3v) is 11.6. The third kappa shape index (κ3) is 45.5. The van der Waals surface area contributed by atoms with Gasteiger partial charge in [-0.3, -0.25) is 14.4 Å². The zero-order chi connectivity index (χ0) is 42.7. The van der Waals surface area contributed by atoms with Crippen molar-refractivity contribution in [2.45, 2.75) is 285 Å². The zero-order valence-corrected chi connectivity index (χ0v) is 39.8. The van der Waals surface area contributed by atoms with Gasteiger partial charge in [-0.25, -0.2) is 0 Å². The first-order chi connectivity index (χ1) is 28.1. The highest BCUT2D eigenvalue weighted by Crippen LogP contribution is 2.17. The first-order valence-electron chi connectivity index (χ1n) is 25.6. The average Bonchev–Trinajstić information content (AvgIpc) is 3.18. The molecule has 0 fully saturated rings. The van der Waals surface area contributed by atoms with Gasteiger partial charge in [-0.1, -0.05) is 241 Å². The minimum absolute atomic E-state index is 0.0653. The van der Waals surface area contributed by atoms with Crippen molar-refractivity contribution in [3.8, 4) is 0 Å². The predicted molar refractivity (Wildman–Crippen MR) is 247 cm³/mol. The van der Waals surface area contributed by atoms with Crippen LogP contribution in [0.15, 0.2) is 0 Å². The third-order valence-electron chi connectivity index (χ3n) is 11.6. The highest BCUT2D eigenvalue weighted by Gasteiger charge is 2.19. The predicted octanol–water partition coefficient (Wildman–Crippen LogP) is 16.4. The maximum atomic E-state index is 12.8. The molecule has 344 valence electrons. The molecule has 0 aliphatic rings. The van der Waals surface area contributed by atoms with E-state index in [-0.39, 0.29) is 31.1 Å². The van der Waals surface area contributed by atoms with Gasteiger partial charge >= 0.3 is 17.9 Å². The van der Waals surface area contributed by atoms with Gasteiger partial charge in [0.1, 0.15) is 13.2 Å². The van der Waals surface area contributed by atoms with Gasteiger partial charge in [0, 0.05) is 19.3 Å². The molecule has 0 heterocycles. The average molecular weight is 821 g/mol. The number of ether oxygens (including phenoxy) is 3. The highest BCUT2D eigenvalue weighted by atomic mass is 16.6. The van der Waals surface area contributed by atoms with Gasteiger partial charge in [-0.2, -0.15) is 0 Å². The minimum Gasteiger partial charge on any atom is -0.462 e. The van der Waals surface area contributed by atoms with E-state index in [2.05, 4.69) is 41.5 Å². The van der Waals surface area contributed by atoms with Crippen LogP contribution in [0.5, 0.6) is 0 Å². The summed E-state index contributed by atoms with van der Waals surface area (Å²) in [6, 6.07) is 0. The van der Waals surface area contributed by atoms with Gasteiger partial charge in [0.05, 0.1) is 0 Å². The van der Waals surface area contributed by atoms with Crippen LogP contribution < -0.4 is 0 Å². The maximum absolute atomic E-state index is 12.8. The lowest BCUT2D eigenvalue weighted by Crippen LogP contribution is -2.30. The fourth-order valence-corrected chi connectivity index (χ4v) is 7.76. The second-order valence-electron chi connectivity index (χ2n) is 19.2. The van der Waals surface area contributed by atoms with Crippen LogP contribution in [-0.4, -0.2) is 37.2 Å². The molecular weight excluding hydrogens is 721 g/mol. The summed E-state index contributed by atoms with van der Waals surface area (Å²) in [5, 5.41) is 0. The van der Waals surface area contributed by atoms with E-state index < -0.39 is 6.10 Å². The molecule has 0 aliphatic carbocycles. The fraction of sp³-hybridized carbons (Fsp3) is 0.942. The number of rotatable bonds is 45. The van der Waals surface area contributed by atoms with Gasteiger partial charge in [0.25, 0.3) is 0 Å². The molecule has 1 atom stereocenters. The summed E-state index contributed by atoms with van der Waals surface area (Å²) in [4.78, 5) is 37.9. The van der Waals surface area contributed by atoms with Crippen LogP contribution in [0.2, 0.25) is 0 Å². The van der Waals surface area contributed by atoms with Gasteiger partial charge in [-0.15, -0.1) is 0 Å². The Morgan fingerprint density at radius 1 is 0.293 bits per heavy atom. The maximum Gasteiger partial charge on any atom is 0.306 e. The van der Waals surface area contributed by atoms with Crippen molar-refractivity contribution in [2.75, 3.05) is 13.2 Å². The van der Waals surface area contributed by atoms with Crippen molar-refractivity contribution >= 4 is 17.9 Å². The zero-order valence-electron chi connectivity index (χ0n) is 39.8. The summed E-state index contributed by atoms with van der Waals surface area (Å²) in [7, 11) is 0. The van der Waals surface area contributed by atoms with Crippen LogP contribution in [0.3, 0.4) is 0 Å². The Hall–Kier alpha value is -1.59. The molecule has 58 heavy (non-hydrogen) atoms. The van der Waals surface area contributed by atoms with Crippen LogP contribution in [-0.2, 0) is 28.6 Å². The summed E-state index contributed by atoms with van der Waals surface area (Å²) in [6.45, 7) is 13.7. The second-order valence-corrected chi connectivity index (χ2v) is 19.2. The molecule has 0 amide bonds. The number of unbranched alkanes of at least 4 members (excludes halogenated alkanes) is 28. The van der Waals surface area contributed by atoms with Crippen LogP contribution in [0.25, 0.3) is 0 Å². The van der Waals surface area contributed by atoms with Gasteiger partial charge < -0.3 is 14.2 Å². The summed E-state index contributed by atoms with van der Waals surface area (Å²) in [6.07, 6.45) is 42.4. The molecular formula is C52H100O6. The number of esters is 3. The van der Waals surface area contributed by atoms with Crippen molar-refractivity contribution in [1.82, 2.24) is 0 Å². The smallest absolute Gasteiger partial charge is 0.306 e. The van der Waals surface area contributed by atoms with Crippen LogP contribution >= 0.6 is 0 Å². The Morgan fingerprint density at radius 2 is 0.500 bits per heavy atom. The lowest BCUT2D eigenvalue weighted by Gasteiger charge is -2.18. The molecule has 0 radical (unpaired) electrons. The van der Waals surface area contributed by atoms with E-state index in [0.717, 1.165) is 75.5 Å². The molecule has 0 aromatic heterocycles. The van der Waals surface area contributed by atoms with Crippen molar-refractivity contribution in [3.05, 3.63) is 0 Å². The van der Waals surface area contributed by atoms with Crippen LogP contribution in [0.4, 0.5) is 0 Å². The number of hydrogen-bond donors (Lipinski definition) is 0. The normalized spacial score (nSPS) is 12.2. The van der Waals surface area contributed by atoms with Crippen molar-refractivity contribution in [1.29, 1.82) is 0 Å². The Kier molecular flexibility index (Phi) is 42.3. The highest BCUT2D eigenvalue weighted by molar-refractivity contribution is 5.71. The van der Waals surface area contributed by atoms with E-state index >= 15 is 0 Å². The number of carbonyl (C=O) groups is 3. The number of carbonyl (C=O) groups excluding carboxylic acids is 3. The summed E-state index contributed by atoms with van der Waals surface area (Å²) in [5.74, 6) is 1.59. The molecule has 0 saturated carbocycles. The van der Waals surface area contributed by atoms with Crippen molar-refractivity contribution in [3.63, 3.8) is 0 Å². The largest absolute Gasteiger partial charge is 0.462 e. The fourth-order valence-electron chi connectivity index (χ4n) is 7.76. The molecule has 6 nitrogen and oxygen atoms in total. The van der Waals surface area contributed by atoms with Gasteiger partial charge in [-0.05, 0) is 37.0 Å². The monoisotopic (exact) mass is 821 g/mol. The summed E-state index contributed by atoms with van der Waals surface area (Å²) in [5.41, 5.74) is 0. The van der Waals surface area contributed by atoms with E-state index in [0.29, 0.717) is 19.3 Å². The van der Waals surface area contributed by atoms with E-state index in [4.69, 9.17) is 14.2 Å². The SMILES string of the molecule is CC(C)CCCCCCCCCCCCCCCCC(=O)O[C@@H](COC(=O)CCCCCCCCCCCCC(C)C)COC(=O)CCCCCCCCCC(C)C. The van der Waals surface area contributed by atoms with Crippen LogP contribution in [0, 0.1) is 17.8 Å². The van der Waals surface area contributed by atoms with E-state index in [1.54, 1.807) is 0 Å². The molecule has 0 N–H and O–H groups in total. The van der Waals surface area contributed by atoms with Crippen LogP contribution in [0.1, 0.15) is 279 Å². The first-order valence-corrected chi connectivity index (χ1v) is 25.6. The first kappa shape index (κ1) is 56.4. The molecule has 0 saturated heterocycles. The molecule has 0 rings (SSSR count). The molecule has 0 aliphatic heterocycles. The Labute approximate surface area is 361 Å². The summed E-state index contributed by atoms with van der Waals surface area (Å²) < 4.78 is 16.8. The van der Waals surface area contributed by atoms with E-state index in [1.807, 2.05) is 0 Å². The molecule has 0 aromatic carbocycles. The molecule has 0 unspecified atom stereocenters. The summed E-state index contributed by atoms with van der Waals surface area (Å²) >= 11 is 0. The molecule has 0 aromatic rings. The quantitative estimate of drug-likeness (QED) is 0.0346. The Balaban J connectivity index is 4.29. The lowest BCUT2D eigenvalue weighted by atomic mass is 10.0. The standard InChI is InChI=1S/C52H100O6/c1-46(2)38-32-26-20-15-11-9-7-8-10-12-18-24-31-37-43-52(55)58-49(45-57-51(54)42-36-30-25-19-22-28-34-40-48(5)6)44-56-50(53)41-35-29-23-17-14-13-16-21-27-33-39-47(3)4/h46-49H,7-45H2,1-6H3/t49-/m0/s1. The van der Waals surface area contributed by atoms with Crippen molar-refractivity contribution < 1.29 is 28.6 Å². The molecule has 0 spiro atoms. The minimum atomic E-state index is -0.763. The topological polar surface area (TPSA) is 78.9 Å². The molecule has 6 heteroatoms. The van der Waals surface area contributed by atoms with Gasteiger partial charge in [0.2, 0.25) is 0 Å². The number of hydrogen-bond acceptors (Lipinski definition) is 6. The molecule has 0 bridgehead atoms. The second kappa shape index (κ2) is 43.5. The van der Waals surface area contributed by atoms with Crippen molar-refractivity contribution in [2.24, 2.45) is 17.8 Å². The van der Waals surface area contributed by atoms with Gasteiger partial charge in [0.15, 0.2) is 6.10 Å². The Bertz CT molecular complexity index is 898. The lowest BCUT2D eigenvalue weighted by molar-refractivity contribution is -0.167. The van der Waals surface area contributed by atoms with E-state index in [1.165, 1.54) is 161 Å².